The Kier molecular flexibility index (Phi) is 3.57. The molecule has 4 rings (SSSR count). The number of hydrogen-bond donors (Lipinski definition) is 0. The van der Waals surface area contributed by atoms with E-state index >= 15 is 0 Å². The molecular weight excluding hydrogens is 298 g/mol. The van der Waals surface area contributed by atoms with Crippen LogP contribution in [0.15, 0.2) is 66.7 Å². The van der Waals surface area contributed by atoms with Gasteiger partial charge in [0.15, 0.2) is 0 Å². The fourth-order valence-electron chi connectivity index (χ4n) is 4.44. The molecule has 0 aromatic heterocycles. The monoisotopic (exact) mass is 319 g/mol. The minimum atomic E-state index is -0.148. The summed E-state index contributed by atoms with van der Waals surface area (Å²) < 4.78 is 0. The first-order valence-electron chi connectivity index (χ1n) is 8.31. The predicted octanol–water partition coefficient (Wildman–Crippen LogP) is 4.69. The van der Waals surface area contributed by atoms with Gasteiger partial charge in [-0.15, -0.1) is 0 Å². The largest absolute Gasteiger partial charge is 0.368 e. The molecule has 0 spiro atoms. The number of fused-ring (bicyclic) bond motifs is 1. The molecule has 1 heterocycles. The highest BCUT2D eigenvalue weighted by atomic mass is 32.1. The van der Waals surface area contributed by atoms with Gasteiger partial charge in [-0.05, 0) is 35.5 Å². The molecule has 2 aromatic rings. The van der Waals surface area contributed by atoms with Crippen LogP contribution in [-0.4, -0.2) is 23.5 Å². The van der Waals surface area contributed by atoms with E-state index in [4.69, 9.17) is 12.2 Å². The van der Waals surface area contributed by atoms with Gasteiger partial charge in [0.2, 0.25) is 0 Å². The van der Waals surface area contributed by atoms with E-state index in [0.717, 1.165) is 18.0 Å². The summed E-state index contributed by atoms with van der Waals surface area (Å²) in [5, 5.41) is 0. The molecule has 2 heteroatoms. The zero-order valence-electron chi connectivity index (χ0n) is 13.4. The van der Waals surface area contributed by atoms with Gasteiger partial charge in [-0.1, -0.05) is 79.0 Å². The van der Waals surface area contributed by atoms with Crippen LogP contribution < -0.4 is 0 Å². The lowest BCUT2D eigenvalue weighted by atomic mass is 9.61. The van der Waals surface area contributed by atoms with Gasteiger partial charge in [-0.25, -0.2) is 0 Å². The molecule has 2 atom stereocenters. The van der Waals surface area contributed by atoms with Gasteiger partial charge >= 0.3 is 0 Å². The van der Waals surface area contributed by atoms with E-state index in [1.807, 2.05) is 0 Å². The number of thiocarbonyl (C=S) groups is 1. The molecule has 1 aliphatic heterocycles. The molecule has 0 bridgehead atoms. The molecule has 0 saturated carbocycles. The Morgan fingerprint density at radius 2 is 1.65 bits per heavy atom. The summed E-state index contributed by atoms with van der Waals surface area (Å²) in [4.78, 5) is 3.36. The Morgan fingerprint density at radius 1 is 1.00 bits per heavy atom. The first-order chi connectivity index (χ1) is 11.2. The Morgan fingerprint density at radius 3 is 2.35 bits per heavy atom. The average molecular weight is 319 g/mol. The van der Waals surface area contributed by atoms with Crippen molar-refractivity contribution in [2.24, 2.45) is 5.92 Å². The summed E-state index contributed by atoms with van der Waals surface area (Å²) in [5.41, 5.74) is 3.90. The number of hydrogen-bond acceptors (Lipinski definition) is 1. The Balaban J connectivity index is 1.98. The Labute approximate surface area is 143 Å². The van der Waals surface area contributed by atoms with Crippen LogP contribution in [0.25, 0.3) is 5.57 Å². The second kappa shape index (κ2) is 5.61. The highest BCUT2D eigenvalue weighted by Gasteiger charge is 2.54. The van der Waals surface area contributed by atoms with Crippen molar-refractivity contribution in [2.75, 3.05) is 13.6 Å². The predicted molar refractivity (Wildman–Crippen MR) is 100 cm³/mol. The summed E-state index contributed by atoms with van der Waals surface area (Å²) >= 11 is 6.00. The second-order valence-corrected chi connectivity index (χ2v) is 7.00. The van der Waals surface area contributed by atoms with Crippen molar-refractivity contribution in [1.82, 2.24) is 4.90 Å². The molecule has 0 amide bonds. The Bertz CT molecular complexity index is 750. The number of likely N-dealkylation sites (N-methyl/N-ethyl adjacent to an activating group) is 1. The van der Waals surface area contributed by atoms with Crippen LogP contribution in [0, 0.1) is 5.92 Å². The zero-order valence-corrected chi connectivity index (χ0v) is 14.2. The van der Waals surface area contributed by atoms with Crippen molar-refractivity contribution in [1.29, 1.82) is 0 Å². The number of nitrogens with zero attached hydrogens (tertiary/aromatic N) is 1. The van der Waals surface area contributed by atoms with Gasteiger partial charge in [0, 0.05) is 13.6 Å². The number of likely N-dealkylation sites (tertiary alicyclic amines) is 1. The maximum Gasteiger partial charge on any atom is 0.0932 e. The highest BCUT2D eigenvalue weighted by molar-refractivity contribution is 7.80. The highest BCUT2D eigenvalue weighted by Crippen LogP contribution is 2.54. The van der Waals surface area contributed by atoms with E-state index in [9.17, 15) is 0 Å². The molecule has 23 heavy (non-hydrogen) atoms. The lowest BCUT2D eigenvalue weighted by Crippen LogP contribution is -2.41. The van der Waals surface area contributed by atoms with E-state index in [2.05, 4.69) is 78.7 Å². The van der Waals surface area contributed by atoms with Gasteiger partial charge in [-0.2, -0.15) is 0 Å². The topological polar surface area (TPSA) is 3.24 Å². The van der Waals surface area contributed by atoms with E-state index in [1.54, 1.807) is 0 Å². The number of allylic oxidation sites excluding steroid dienone is 1. The standard InChI is InChI=1S/C21H21NS/c1-22-15-18-13-8-14-19(16-9-4-2-5-10-16)21(18,20(22)23)17-11-6-3-7-12-17/h2-7,9-12,14,18H,8,13,15H2,1H3/t18-,21+/m0/s1. The number of rotatable bonds is 2. The summed E-state index contributed by atoms with van der Waals surface area (Å²) in [5.74, 6) is 0.558. The third kappa shape index (κ3) is 2.08. The molecule has 0 radical (unpaired) electrons. The van der Waals surface area contributed by atoms with Gasteiger partial charge < -0.3 is 4.90 Å². The maximum atomic E-state index is 6.00. The minimum absolute atomic E-state index is 0.148. The lowest BCUT2D eigenvalue weighted by molar-refractivity contribution is 0.385. The fourth-order valence-corrected chi connectivity index (χ4v) is 4.91. The number of benzene rings is 2. The SMILES string of the molecule is CN1C[C@@H]2CCC=C(c3ccccc3)[C@]2(c2ccccc2)C1=S. The Hall–Kier alpha value is -1.93. The third-order valence-electron chi connectivity index (χ3n) is 5.39. The molecule has 116 valence electrons. The van der Waals surface area contributed by atoms with E-state index in [0.29, 0.717) is 5.92 Å². The molecule has 1 nitrogen and oxygen atoms in total. The molecule has 0 unspecified atom stereocenters. The average Bonchev–Trinajstić information content (AvgIpc) is 2.88. The van der Waals surface area contributed by atoms with Crippen LogP contribution in [0.4, 0.5) is 0 Å². The molecule has 0 N–H and O–H groups in total. The van der Waals surface area contributed by atoms with Gasteiger partial charge in [0.05, 0.1) is 10.4 Å². The van der Waals surface area contributed by atoms with E-state index in [-0.39, 0.29) is 5.41 Å². The summed E-state index contributed by atoms with van der Waals surface area (Å²) in [6.07, 6.45) is 4.76. The maximum absolute atomic E-state index is 6.00. The van der Waals surface area contributed by atoms with Crippen molar-refractivity contribution in [2.45, 2.75) is 18.3 Å². The van der Waals surface area contributed by atoms with E-state index in [1.165, 1.54) is 23.1 Å². The van der Waals surface area contributed by atoms with Gasteiger partial charge in [-0.3, -0.25) is 0 Å². The van der Waals surface area contributed by atoms with Crippen molar-refractivity contribution in [3.8, 4) is 0 Å². The molecule has 2 aliphatic rings. The second-order valence-electron chi connectivity index (χ2n) is 6.62. The summed E-state index contributed by atoms with van der Waals surface area (Å²) in [6, 6.07) is 21.6. The van der Waals surface area contributed by atoms with Crippen LogP contribution in [0.2, 0.25) is 0 Å². The van der Waals surface area contributed by atoms with Crippen LogP contribution in [0.5, 0.6) is 0 Å². The summed E-state index contributed by atoms with van der Waals surface area (Å²) in [6.45, 7) is 1.05. The fraction of sp³-hybridized carbons (Fsp3) is 0.286. The van der Waals surface area contributed by atoms with Crippen LogP contribution in [0.1, 0.15) is 24.0 Å². The molecular formula is C21H21NS. The van der Waals surface area contributed by atoms with Crippen molar-refractivity contribution >= 4 is 22.8 Å². The van der Waals surface area contributed by atoms with Crippen molar-refractivity contribution in [3.63, 3.8) is 0 Å². The molecule has 2 aromatic carbocycles. The molecule has 1 fully saturated rings. The third-order valence-corrected chi connectivity index (χ3v) is 6.03. The van der Waals surface area contributed by atoms with Gasteiger partial charge in [0.25, 0.3) is 0 Å². The van der Waals surface area contributed by atoms with Gasteiger partial charge in [0.1, 0.15) is 0 Å². The smallest absolute Gasteiger partial charge is 0.0932 e. The minimum Gasteiger partial charge on any atom is -0.368 e. The van der Waals surface area contributed by atoms with Crippen molar-refractivity contribution in [3.05, 3.63) is 77.9 Å². The van der Waals surface area contributed by atoms with Crippen LogP contribution in [-0.2, 0) is 5.41 Å². The van der Waals surface area contributed by atoms with Crippen LogP contribution in [0.3, 0.4) is 0 Å². The molecule has 1 saturated heterocycles. The first-order valence-corrected chi connectivity index (χ1v) is 8.72. The quantitative estimate of drug-likeness (QED) is 0.739. The lowest BCUT2D eigenvalue weighted by Gasteiger charge is -2.41. The van der Waals surface area contributed by atoms with Crippen molar-refractivity contribution < 1.29 is 0 Å². The molecule has 1 aliphatic carbocycles. The van der Waals surface area contributed by atoms with E-state index < -0.39 is 0 Å². The first kappa shape index (κ1) is 14.6. The zero-order chi connectivity index (χ0) is 15.9. The summed E-state index contributed by atoms with van der Waals surface area (Å²) in [7, 11) is 2.15. The van der Waals surface area contributed by atoms with Crippen LogP contribution >= 0.6 is 12.2 Å². The normalized spacial score (nSPS) is 26.8.